The number of aliphatic carboxylic acids is 1. The average Bonchev–Trinajstić information content (AvgIpc) is 3.44. The third kappa shape index (κ3) is 9.67. The monoisotopic (exact) mass is 595 g/mol. The third-order valence-corrected chi connectivity index (χ3v) is 8.02. The fourth-order valence-corrected chi connectivity index (χ4v) is 5.55. The molecule has 1 saturated heterocycles. The van der Waals surface area contributed by atoms with Gasteiger partial charge in [-0.2, -0.15) is 0 Å². The topological polar surface area (TPSA) is 159 Å². The molecule has 2 heterocycles. The van der Waals surface area contributed by atoms with Gasteiger partial charge in [0, 0.05) is 25.2 Å². The van der Waals surface area contributed by atoms with E-state index in [0.29, 0.717) is 18.8 Å². The van der Waals surface area contributed by atoms with Gasteiger partial charge < -0.3 is 35.4 Å². The number of anilines is 1. The summed E-state index contributed by atoms with van der Waals surface area (Å²) >= 11 is 0. The minimum Gasteiger partial charge on any atom is -0.480 e. The van der Waals surface area contributed by atoms with Crippen molar-refractivity contribution in [3.63, 3.8) is 0 Å². The Kier molecular flexibility index (Phi) is 11.7. The molecule has 3 amide bonds. The van der Waals surface area contributed by atoms with Crippen molar-refractivity contribution >= 4 is 29.7 Å². The van der Waals surface area contributed by atoms with E-state index in [1.165, 1.54) is 0 Å². The van der Waals surface area contributed by atoms with Gasteiger partial charge in [0.1, 0.15) is 25.1 Å². The van der Waals surface area contributed by atoms with Crippen LogP contribution in [0.25, 0.3) is 0 Å². The molecular weight excluding hydrogens is 554 g/mol. The Morgan fingerprint density at radius 3 is 2.56 bits per heavy atom. The van der Waals surface area contributed by atoms with E-state index < -0.39 is 30.1 Å². The first-order valence-electron chi connectivity index (χ1n) is 14.8. The van der Waals surface area contributed by atoms with Crippen molar-refractivity contribution in [2.75, 3.05) is 31.6 Å². The third-order valence-electron chi connectivity index (χ3n) is 8.02. The highest BCUT2D eigenvalue weighted by atomic mass is 16.6. The number of aromatic nitrogens is 1. The molecule has 0 bridgehead atoms. The molecule has 2 aromatic rings. The summed E-state index contributed by atoms with van der Waals surface area (Å²) in [4.78, 5) is 55.9. The first-order chi connectivity index (χ1) is 20.8. The molecule has 43 heavy (non-hydrogen) atoms. The van der Waals surface area contributed by atoms with Gasteiger partial charge in [-0.1, -0.05) is 56.2 Å². The highest BCUT2D eigenvalue weighted by Crippen LogP contribution is 2.29. The lowest BCUT2D eigenvalue weighted by molar-refractivity contribution is -0.143. The molecule has 1 aliphatic carbocycles. The number of hydrogen-bond acceptors (Lipinski definition) is 8. The van der Waals surface area contributed by atoms with E-state index in [1.807, 2.05) is 55.5 Å². The Morgan fingerprint density at radius 2 is 1.84 bits per heavy atom. The number of carbonyl (C=O) groups is 4. The van der Waals surface area contributed by atoms with Gasteiger partial charge in [0.05, 0.1) is 18.7 Å². The zero-order valence-corrected chi connectivity index (χ0v) is 24.4. The lowest BCUT2D eigenvalue weighted by Gasteiger charge is -2.28. The van der Waals surface area contributed by atoms with Gasteiger partial charge in [-0.25, -0.2) is 14.6 Å². The predicted molar refractivity (Wildman–Crippen MR) is 158 cm³/mol. The van der Waals surface area contributed by atoms with E-state index >= 15 is 0 Å². The number of carbonyl (C=O) groups excluding carboxylic acids is 3. The molecule has 2 fully saturated rings. The Hall–Kier alpha value is -4.19. The fraction of sp³-hybridized carbons (Fsp3) is 0.516. The summed E-state index contributed by atoms with van der Waals surface area (Å²) < 4.78 is 11.4. The second-order valence-electron chi connectivity index (χ2n) is 11.2. The highest BCUT2D eigenvalue weighted by Gasteiger charge is 2.37. The van der Waals surface area contributed by atoms with Gasteiger partial charge in [-0.15, -0.1) is 0 Å². The van der Waals surface area contributed by atoms with Crippen molar-refractivity contribution in [1.82, 2.24) is 20.5 Å². The van der Waals surface area contributed by atoms with E-state index in [1.54, 1.807) is 11.1 Å². The van der Waals surface area contributed by atoms with Gasteiger partial charge >= 0.3 is 12.1 Å². The van der Waals surface area contributed by atoms with E-state index in [4.69, 9.17) is 9.47 Å². The summed E-state index contributed by atoms with van der Waals surface area (Å²) in [5.41, 5.74) is 0.867. The van der Waals surface area contributed by atoms with Crippen LogP contribution in [0.1, 0.15) is 44.6 Å². The van der Waals surface area contributed by atoms with E-state index in [2.05, 4.69) is 20.9 Å². The molecule has 5 unspecified atom stereocenters. The van der Waals surface area contributed by atoms with Crippen LogP contribution in [-0.4, -0.2) is 83.3 Å². The smallest absolute Gasteiger partial charge is 0.410 e. The molecule has 12 heteroatoms. The summed E-state index contributed by atoms with van der Waals surface area (Å²) in [5, 5.41) is 18.0. The number of pyridine rings is 1. The highest BCUT2D eigenvalue weighted by molar-refractivity contribution is 5.86. The average molecular weight is 596 g/mol. The summed E-state index contributed by atoms with van der Waals surface area (Å²) in [7, 11) is 0. The van der Waals surface area contributed by atoms with Gasteiger partial charge in [0.2, 0.25) is 11.8 Å². The van der Waals surface area contributed by atoms with E-state index in [-0.39, 0.29) is 50.1 Å². The first kappa shape index (κ1) is 31.7. The molecule has 1 aliphatic heterocycles. The van der Waals surface area contributed by atoms with E-state index in [0.717, 1.165) is 31.2 Å². The molecule has 4 rings (SSSR count). The quantitative estimate of drug-likeness (QED) is 0.273. The summed E-state index contributed by atoms with van der Waals surface area (Å²) in [6.45, 7) is 2.18. The summed E-state index contributed by atoms with van der Waals surface area (Å²) in [6, 6.07) is 13.4. The molecule has 12 nitrogen and oxygen atoms in total. The summed E-state index contributed by atoms with van der Waals surface area (Å²) in [6.07, 6.45) is 4.89. The molecule has 2 aliphatic rings. The minimum atomic E-state index is -1.24. The number of carboxylic acids is 1. The van der Waals surface area contributed by atoms with Crippen molar-refractivity contribution in [3.05, 3.63) is 60.3 Å². The number of nitrogens with one attached hydrogen (secondary N) is 3. The molecule has 232 valence electrons. The van der Waals surface area contributed by atoms with Crippen molar-refractivity contribution < 1.29 is 33.8 Å². The predicted octanol–water partition coefficient (Wildman–Crippen LogP) is 2.80. The van der Waals surface area contributed by atoms with Crippen LogP contribution in [0, 0.1) is 11.8 Å². The summed E-state index contributed by atoms with van der Waals surface area (Å²) in [5.74, 6) is -1.39. The van der Waals surface area contributed by atoms with Crippen molar-refractivity contribution in [2.24, 2.45) is 11.8 Å². The molecule has 1 aromatic carbocycles. The van der Waals surface area contributed by atoms with Crippen LogP contribution in [0.15, 0.2) is 54.7 Å². The second kappa shape index (κ2) is 15.9. The SMILES string of the molecule is CC1CCCCC1C(=O)NC(CNC(=O)COC1CC(CNc2ccccn2)N(C(=O)OCc2ccccc2)C1)C(=O)O. The van der Waals surface area contributed by atoms with Crippen molar-refractivity contribution in [3.8, 4) is 0 Å². The van der Waals surface area contributed by atoms with Gasteiger partial charge in [-0.05, 0) is 42.9 Å². The second-order valence-corrected chi connectivity index (χ2v) is 11.2. The maximum Gasteiger partial charge on any atom is 0.410 e. The molecule has 5 atom stereocenters. The van der Waals surface area contributed by atoms with Crippen LogP contribution >= 0.6 is 0 Å². The lowest BCUT2D eigenvalue weighted by Crippen LogP contribution is -2.51. The van der Waals surface area contributed by atoms with Crippen molar-refractivity contribution in [2.45, 2.75) is 63.8 Å². The molecule has 1 aromatic heterocycles. The Morgan fingerprint density at radius 1 is 1.07 bits per heavy atom. The number of ether oxygens (including phenoxy) is 2. The van der Waals surface area contributed by atoms with Gasteiger partial charge in [-0.3, -0.25) is 9.59 Å². The standard InChI is InChI=1S/C31H41N5O7/c1-21-9-5-6-12-25(21)29(38)35-26(30(39)40)17-34-28(37)20-42-24-15-23(16-33-27-13-7-8-14-32-27)36(18-24)31(41)43-19-22-10-3-2-4-11-22/h2-4,7-8,10-11,13-14,21,23-26H,5-6,9,12,15-20H2,1H3,(H,32,33)(H,34,37)(H,35,38)(H,39,40). The molecule has 0 spiro atoms. The normalized spacial score (nSPS) is 22.3. The maximum absolute atomic E-state index is 13.0. The number of rotatable bonds is 13. The van der Waals surface area contributed by atoms with Gasteiger partial charge in [0.15, 0.2) is 0 Å². The van der Waals surface area contributed by atoms with E-state index in [9.17, 15) is 24.3 Å². The molecule has 4 N–H and O–H groups in total. The van der Waals surface area contributed by atoms with Crippen molar-refractivity contribution in [1.29, 1.82) is 0 Å². The van der Waals surface area contributed by atoms with Crippen LogP contribution in [-0.2, 0) is 30.5 Å². The zero-order valence-electron chi connectivity index (χ0n) is 24.4. The molecular formula is C31H41N5O7. The largest absolute Gasteiger partial charge is 0.480 e. The minimum absolute atomic E-state index is 0.130. The molecule has 1 saturated carbocycles. The Balaban J connectivity index is 1.27. The van der Waals surface area contributed by atoms with Crippen LogP contribution in [0.5, 0.6) is 0 Å². The van der Waals surface area contributed by atoms with Crippen LogP contribution < -0.4 is 16.0 Å². The number of amides is 3. The Labute approximate surface area is 251 Å². The van der Waals surface area contributed by atoms with Crippen LogP contribution in [0.4, 0.5) is 10.6 Å². The lowest BCUT2D eigenvalue weighted by atomic mass is 9.80. The fourth-order valence-electron chi connectivity index (χ4n) is 5.55. The van der Waals surface area contributed by atoms with Crippen LogP contribution in [0.2, 0.25) is 0 Å². The Bertz CT molecular complexity index is 1220. The number of hydrogen-bond donors (Lipinski definition) is 4. The zero-order chi connectivity index (χ0) is 30.6. The number of benzene rings is 1. The number of nitrogens with zero attached hydrogens (tertiary/aromatic N) is 2. The maximum atomic E-state index is 13.0. The number of likely N-dealkylation sites (tertiary alicyclic amines) is 1. The van der Waals surface area contributed by atoms with Gasteiger partial charge in [0.25, 0.3) is 0 Å². The number of carboxylic acid groups (broad SMARTS) is 1. The van der Waals surface area contributed by atoms with Crippen LogP contribution in [0.3, 0.4) is 0 Å². The molecule has 0 radical (unpaired) electrons. The first-order valence-corrected chi connectivity index (χ1v) is 14.8.